The van der Waals surface area contributed by atoms with Crippen LogP contribution in [0.25, 0.3) is 27.9 Å². The third kappa shape index (κ3) is 3.41. The van der Waals surface area contributed by atoms with E-state index in [2.05, 4.69) is 20.4 Å². The predicted octanol–water partition coefficient (Wildman–Crippen LogP) is 3.66. The number of imidazole rings is 2. The lowest BCUT2D eigenvalue weighted by atomic mass is 10.1. The summed E-state index contributed by atoms with van der Waals surface area (Å²) in [5.74, 6) is -1.41. The highest BCUT2D eigenvalue weighted by molar-refractivity contribution is 5.93. The monoisotopic (exact) mass is 428 g/mol. The number of fused-ring (bicyclic) bond motifs is 2. The highest BCUT2D eigenvalue weighted by atomic mass is 19.4. The van der Waals surface area contributed by atoms with Gasteiger partial charge in [0.25, 0.3) is 5.91 Å². The number of halogens is 3. The molecular formula is C21H19F3N6O. The van der Waals surface area contributed by atoms with Crippen LogP contribution in [0, 0.1) is 12.8 Å². The number of carbonyl (C=O) groups is 1. The number of carbonyl (C=O) groups excluding carboxylic acids is 1. The van der Waals surface area contributed by atoms with E-state index in [0.29, 0.717) is 24.2 Å². The van der Waals surface area contributed by atoms with Crippen LogP contribution in [-0.4, -0.2) is 42.3 Å². The second kappa shape index (κ2) is 6.79. The number of hydrogen-bond acceptors (Lipinski definition) is 4. The number of nitrogens with one attached hydrogen (secondary N) is 1. The minimum absolute atomic E-state index is 0.0336. The van der Waals surface area contributed by atoms with E-state index in [4.69, 9.17) is 0 Å². The first-order valence-electron chi connectivity index (χ1n) is 9.87. The molecule has 0 unspecified atom stereocenters. The van der Waals surface area contributed by atoms with Gasteiger partial charge in [0.1, 0.15) is 6.04 Å². The topological polar surface area (TPSA) is 77.1 Å². The highest BCUT2D eigenvalue weighted by Crippen LogP contribution is 2.40. The van der Waals surface area contributed by atoms with Gasteiger partial charge < -0.3 is 9.88 Å². The molecule has 0 aliphatic heterocycles. The van der Waals surface area contributed by atoms with E-state index in [1.807, 2.05) is 42.8 Å². The Labute approximate surface area is 174 Å². The van der Waals surface area contributed by atoms with Crippen LogP contribution in [-0.2, 0) is 7.05 Å². The van der Waals surface area contributed by atoms with Crippen molar-refractivity contribution in [3.63, 3.8) is 0 Å². The molecule has 0 saturated heterocycles. The van der Waals surface area contributed by atoms with E-state index in [-0.39, 0.29) is 5.69 Å². The zero-order chi connectivity index (χ0) is 21.9. The Bertz CT molecular complexity index is 1320. The Hall–Kier alpha value is -3.43. The maximum atomic E-state index is 13.3. The highest BCUT2D eigenvalue weighted by Gasteiger charge is 2.49. The Morgan fingerprint density at radius 2 is 2.00 bits per heavy atom. The molecule has 1 atom stereocenters. The van der Waals surface area contributed by atoms with E-state index >= 15 is 0 Å². The maximum absolute atomic E-state index is 13.3. The number of nitrogens with zero attached hydrogens (tertiary/aromatic N) is 5. The van der Waals surface area contributed by atoms with Gasteiger partial charge in [-0.05, 0) is 49.4 Å². The summed E-state index contributed by atoms with van der Waals surface area (Å²) in [6.07, 6.45) is -0.615. The van der Waals surface area contributed by atoms with Crippen molar-refractivity contribution >= 4 is 22.6 Å². The molecule has 1 saturated carbocycles. The minimum Gasteiger partial charge on any atom is -0.339 e. The van der Waals surface area contributed by atoms with Crippen molar-refractivity contribution in [2.75, 3.05) is 0 Å². The van der Waals surface area contributed by atoms with Gasteiger partial charge >= 0.3 is 6.18 Å². The van der Waals surface area contributed by atoms with Crippen molar-refractivity contribution in [2.24, 2.45) is 13.0 Å². The summed E-state index contributed by atoms with van der Waals surface area (Å²) in [6, 6.07) is 5.66. The number of aryl methyl sites for hydroxylation is 2. The molecule has 1 aliphatic carbocycles. The van der Waals surface area contributed by atoms with Gasteiger partial charge in [-0.25, -0.2) is 14.5 Å². The predicted molar refractivity (Wildman–Crippen MR) is 107 cm³/mol. The number of benzene rings is 1. The molecule has 1 aliphatic rings. The lowest BCUT2D eigenvalue weighted by Crippen LogP contribution is -2.47. The van der Waals surface area contributed by atoms with E-state index in [1.54, 1.807) is 6.33 Å². The second-order valence-corrected chi connectivity index (χ2v) is 7.98. The van der Waals surface area contributed by atoms with Gasteiger partial charge in [-0.2, -0.15) is 18.3 Å². The molecule has 7 nitrogen and oxygen atoms in total. The molecular weight excluding hydrogens is 409 g/mol. The fourth-order valence-electron chi connectivity index (χ4n) is 3.83. The van der Waals surface area contributed by atoms with Crippen molar-refractivity contribution in [2.45, 2.75) is 32.0 Å². The zero-order valence-electron chi connectivity index (χ0n) is 16.8. The van der Waals surface area contributed by atoms with Crippen LogP contribution >= 0.6 is 0 Å². The molecule has 3 aromatic heterocycles. The summed E-state index contributed by atoms with van der Waals surface area (Å²) in [6.45, 7) is 1.82. The van der Waals surface area contributed by atoms with E-state index in [1.165, 1.54) is 10.7 Å². The SMILES string of the molecule is Cc1cc(-c2ccc3c(c2)ncn3C)nn2c(C(=O)N[C@@H](C3CC3)C(F)(F)F)cnc12. The Morgan fingerprint density at radius 3 is 2.71 bits per heavy atom. The number of rotatable bonds is 4. The van der Waals surface area contributed by atoms with Gasteiger partial charge in [0, 0.05) is 12.6 Å². The van der Waals surface area contributed by atoms with E-state index in [9.17, 15) is 18.0 Å². The number of hydrogen-bond donors (Lipinski definition) is 1. The fraction of sp³-hybridized carbons (Fsp3) is 0.333. The molecule has 31 heavy (non-hydrogen) atoms. The molecule has 0 bridgehead atoms. The van der Waals surface area contributed by atoms with Crippen LogP contribution in [0.5, 0.6) is 0 Å². The first kappa shape index (κ1) is 19.5. The van der Waals surface area contributed by atoms with Crippen LogP contribution in [0.15, 0.2) is 36.8 Å². The smallest absolute Gasteiger partial charge is 0.339 e. The van der Waals surface area contributed by atoms with Gasteiger partial charge in [0.15, 0.2) is 11.3 Å². The van der Waals surface area contributed by atoms with E-state index in [0.717, 1.165) is 22.2 Å². The summed E-state index contributed by atoms with van der Waals surface area (Å²) in [4.78, 5) is 21.3. The summed E-state index contributed by atoms with van der Waals surface area (Å²) in [5.41, 5.74) is 4.24. The van der Waals surface area contributed by atoms with Crippen molar-refractivity contribution in [3.8, 4) is 11.3 Å². The normalized spacial score (nSPS) is 15.5. The van der Waals surface area contributed by atoms with Crippen LogP contribution in [0.2, 0.25) is 0 Å². The third-order valence-corrected chi connectivity index (χ3v) is 5.64. The lowest BCUT2D eigenvalue weighted by Gasteiger charge is -2.21. The van der Waals surface area contributed by atoms with Crippen molar-refractivity contribution in [3.05, 3.63) is 48.0 Å². The van der Waals surface area contributed by atoms with Gasteiger partial charge in [0.05, 0.1) is 29.3 Å². The average Bonchev–Trinajstić information content (AvgIpc) is 3.35. The Balaban J connectivity index is 1.54. The number of alkyl halides is 3. The fourth-order valence-corrected chi connectivity index (χ4v) is 3.83. The van der Waals surface area contributed by atoms with Gasteiger partial charge in [-0.1, -0.05) is 6.07 Å². The van der Waals surface area contributed by atoms with Crippen LogP contribution in [0.1, 0.15) is 28.9 Å². The number of aromatic nitrogens is 5. The van der Waals surface area contributed by atoms with Crippen LogP contribution < -0.4 is 5.32 Å². The lowest BCUT2D eigenvalue weighted by molar-refractivity contribution is -0.158. The largest absolute Gasteiger partial charge is 0.408 e. The molecule has 1 fully saturated rings. The van der Waals surface area contributed by atoms with E-state index < -0.39 is 24.0 Å². The molecule has 10 heteroatoms. The minimum atomic E-state index is -4.50. The Morgan fingerprint density at radius 1 is 1.23 bits per heavy atom. The molecule has 1 N–H and O–H groups in total. The molecule has 0 radical (unpaired) electrons. The zero-order valence-corrected chi connectivity index (χ0v) is 16.8. The summed E-state index contributed by atoms with van der Waals surface area (Å²) in [5, 5.41) is 6.65. The maximum Gasteiger partial charge on any atom is 0.408 e. The van der Waals surface area contributed by atoms with Crippen molar-refractivity contribution in [1.82, 2.24) is 29.5 Å². The molecule has 0 spiro atoms. The van der Waals surface area contributed by atoms with Crippen LogP contribution in [0.3, 0.4) is 0 Å². The standard InChI is InChI=1S/C21H19F3N6O/c1-11-7-14(13-5-6-16-15(8-13)26-10-29(16)2)28-30-17(9-25-19(11)30)20(31)27-18(12-3-4-12)21(22,23)24/h5-10,12,18H,3-4H2,1-2H3,(H,27,31)/t18-/m0/s1. The number of amides is 1. The molecule has 1 amide bonds. The molecule has 5 rings (SSSR count). The van der Waals surface area contributed by atoms with Crippen molar-refractivity contribution in [1.29, 1.82) is 0 Å². The third-order valence-electron chi connectivity index (χ3n) is 5.64. The van der Waals surface area contributed by atoms with Gasteiger partial charge in [-0.15, -0.1) is 0 Å². The van der Waals surface area contributed by atoms with Crippen LogP contribution in [0.4, 0.5) is 13.2 Å². The quantitative estimate of drug-likeness (QED) is 0.538. The summed E-state index contributed by atoms with van der Waals surface area (Å²) >= 11 is 0. The first-order valence-corrected chi connectivity index (χ1v) is 9.87. The average molecular weight is 428 g/mol. The molecule has 160 valence electrons. The molecule has 1 aromatic carbocycles. The summed E-state index contributed by atoms with van der Waals surface area (Å²) < 4.78 is 43.2. The second-order valence-electron chi connectivity index (χ2n) is 7.98. The van der Waals surface area contributed by atoms with Crippen molar-refractivity contribution < 1.29 is 18.0 Å². The first-order chi connectivity index (χ1) is 14.7. The molecule has 3 heterocycles. The van der Waals surface area contributed by atoms with Gasteiger partial charge in [0.2, 0.25) is 0 Å². The molecule has 4 aromatic rings. The Kier molecular flexibility index (Phi) is 4.28. The summed E-state index contributed by atoms with van der Waals surface area (Å²) in [7, 11) is 1.90. The van der Waals surface area contributed by atoms with Gasteiger partial charge in [-0.3, -0.25) is 4.79 Å².